The number of fused-ring (bicyclic) bond motifs is 2. The predicted molar refractivity (Wildman–Crippen MR) is 69.3 cm³/mol. The van der Waals surface area contributed by atoms with Gasteiger partial charge in [-0.25, -0.2) is 4.79 Å². The van der Waals surface area contributed by atoms with Crippen LogP contribution in [0.3, 0.4) is 0 Å². The molecule has 5 heteroatoms. The van der Waals surface area contributed by atoms with Crippen LogP contribution in [0.2, 0.25) is 0 Å². The molecule has 1 aliphatic heterocycles. The Bertz CT molecular complexity index is 543. The zero-order valence-electron chi connectivity index (χ0n) is 10.9. The Morgan fingerprint density at radius 3 is 3.00 bits per heavy atom. The molecular weight excluding hydrogens is 242 g/mol. The van der Waals surface area contributed by atoms with Crippen molar-refractivity contribution < 1.29 is 9.59 Å². The van der Waals surface area contributed by atoms with E-state index in [0.717, 1.165) is 36.9 Å². The quantitative estimate of drug-likeness (QED) is 0.808. The van der Waals surface area contributed by atoms with Gasteiger partial charge in [0.15, 0.2) is 5.54 Å². The fourth-order valence-corrected chi connectivity index (χ4v) is 3.28. The van der Waals surface area contributed by atoms with Crippen molar-refractivity contribution in [3.8, 4) is 0 Å². The lowest BCUT2D eigenvalue weighted by Crippen LogP contribution is -2.47. The van der Waals surface area contributed by atoms with E-state index in [-0.39, 0.29) is 11.8 Å². The van der Waals surface area contributed by atoms with Gasteiger partial charge in [0.25, 0.3) is 5.91 Å². The number of nitrogens with zero attached hydrogens (tertiary/aromatic N) is 1. The molecule has 3 amide bonds. The molecule has 2 N–H and O–H groups in total. The lowest BCUT2D eigenvalue weighted by molar-refractivity contribution is -0.126. The van der Waals surface area contributed by atoms with Gasteiger partial charge in [-0.05, 0) is 18.9 Å². The normalized spacial score (nSPS) is 28.4. The molecule has 1 fully saturated rings. The van der Waals surface area contributed by atoms with Crippen molar-refractivity contribution in [2.75, 3.05) is 0 Å². The maximum absolute atomic E-state index is 12.3. The van der Waals surface area contributed by atoms with Crippen molar-refractivity contribution in [3.05, 3.63) is 29.6 Å². The topological polar surface area (TPSA) is 71.1 Å². The lowest BCUT2D eigenvalue weighted by atomic mass is 9.81. The van der Waals surface area contributed by atoms with E-state index in [9.17, 15) is 9.59 Å². The molecule has 0 saturated carbocycles. The molecule has 3 rings (SSSR count). The number of aromatic nitrogens is 1. The molecule has 5 nitrogen and oxygen atoms in total. The summed E-state index contributed by atoms with van der Waals surface area (Å²) in [6.07, 6.45) is 5.53. The molecule has 1 saturated heterocycles. The molecule has 2 aliphatic rings. The van der Waals surface area contributed by atoms with Gasteiger partial charge in [0.2, 0.25) is 0 Å². The second-order valence-corrected chi connectivity index (χ2v) is 5.26. The van der Waals surface area contributed by atoms with Crippen LogP contribution >= 0.6 is 0 Å². The second-order valence-electron chi connectivity index (χ2n) is 5.26. The molecule has 2 heterocycles. The van der Waals surface area contributed by atoms with Gasteiger partial charge in [-0.1, -0.05) is 25.8 Å². The molecular formula is C14H17N3O2. The van der Waals surface area contributed by atoms with E-state index in [0.29, 0.717) is 0 Å². The Morgan fingerprint density at radius 2 is 2.32 bits per heavy atom. The Balaban J connectivity index is 2.05. The van der Waals surface area contributed by atoms with Gasteiger partial charge in [-0.15, -0.1) is 0 Å². The fraction of sp³-hybridized carbons (Fsp3) is 0.500. The van der Waals surface area contributed by atoms with Crippen LogP contribution in [0.1, 0.15) is 37.4 Å². The maximum atomic E-state index is 12.3. The largest absolute Gasteiger partial charge is 0.322 e. The number of rotatable bonds is 3. The first kappa shape index (κ1) is 12.1. The first-order valence-corrected chi connectivity index (χ1v) is 6.76. The monoisotopic (exact) mass is 259 g/mol. The van der Waals surface area contributed by atoms with E-state index in [1.54, 1.807) is 6.20 Å². The number of nitrogens with one attached hydrogen (secondary N) is 2. The summed E-state index contributed by atoms with van der Waals surface area (Å²) in [6, 6.07) is 3.32. The third kappa shape index (κ3) is 1.64. The van der Waals surface area contributed by atoms with E-state index in [1.165, 1.54) is 0 Å². The first-order valence-electron chi connectivity index (χ1n) is 6.76. The van der Waals surface area contributed by atoms with Crippen molar-refractivity contribution in [2.24, 2.45) is 5.92 Å². The van der Waals surface area contributed by atoms with Crippen molar-refractivity contribution >= 4 is 11.9 Å². The molecule has 2 atom stereocenters. The number of hydrogen-bond donors (Lipinski definition) is 2. The summed E-state index contributed by atoms with van der Waals surface area (Å²) in [5.74, 6) is -0.130. The third-order valence-corrected chi connectivity index (χ3v) is 4.17. The molecule has 1 aliphatic carbocycles. The smallest absolute Gasteiger partial charge is 0.319 e. The van der Waals surface area contributed by atoms with Crippen LogP contribution in [0.4, 0.5) is 4.79 Å². The SMILES string of the molecule is CCCCC1Cc2ncccc2C12NC(=O)NC2=O. The van der Waals surface area contributed by atoms with E-state index in [1.807, 2.05) is 12.1 Å². The average molecular weight is 259 g/mol. The average Bonchev–Trinajstić information content (AvgIpc) is 2.87. The minimum absolute atomic E-state index is 0.101. The van der Waals surface area contributed by atoms with Crippen LogP contribution in [0.15, 0.2) is 18.3 Å². The van der Waals surface area contributed by atoms with Crippen LogP contribution in [0.5, 0.6) is 0 Å². The highest BCUT2D eigenvalue weighted by atomic mass is 16.2. The molecule has 0 bridgehead atoms. The van der Waals surface area contributed by atoms with Gasteiger partial charge >= 0.3 is 6.03 Å². The first-order chi connectivity index (χ1) is 9.18. The molecule has 0 radical (unpaired) electrons. The zero-order chi connectivity index (χ0) is 13.5. The molecule has 19 heavy (non-hydrogen) atoms. The van der Waals surface area contributed by atoms with Gasteiger partial charge in [-0.2, -0.15) is 0 Å². The highest BCUT2D eigenvalue weighted by Gasteiger charge is 2.57. The summed E-state index contributed by atoms with van der Waals surface area (Å²) >= 11 is 0. The maximum Gasteiger partial charge on any atom is 0.322 e. The van der Waals surface area contributed by atoms with Crippen molar-refractivity contribution in [1.29, 1.82) is 0 Å². The van der Waals surface area contributed by atoms with Gasteiger partial charge in [0.05, 0.1) is 0 Å². The Hall–Kier alpha value is -1.91. The Morgan fingerprint density at radius 1 is 1.47 bits per heavy atom. The number of carbonyl (C=O) groups is 2. The predicted octanol–water partition coefficient (Wildman–Crippen LogP) is 1.48. The third-order valence-electron chi connectivity index (χ3n) is 4.17. The molecule has 100 valence electrons. The van der Waals surface area contributed by atoms with E-state index >= 15 is 0 Å². The van der Waals surface area contributed by atoms with Gasteiger partial charge in [0, 0.05) is 23.4 Å². The van der Waals surface area contributed by atoms with Crippen molar-refractivity contribution in [1.82, 2.24) is 15.6 Å². The zero-order valence-corrected chi connectivity index (χ0v) is 10.9. The van der Waals surface area contributed by atoms with Gasteiger partial charge in [0.1, 0.15) is 0 Å². The van der Waals surface area contributed by atoms with E-state index in [4.69, 9.17) is 0 Å². The number of pyridine rings is 1. The molecule has 1 spiro atoms. The van der Waals surface area contributed by atoms with Crippen LogP contribution < -0.4 is 10.6 Å². The number of carbonyl (C=O) groups excluding carboxylic acids is 2. The van der Waals surface area contributed by atoms with Crippen molar-refractivity contribution in [2.45, 2.75) is 38.1 Å². The summed E-state index contributed by atoms with van der Waals surface area (Å²) in [4.78, 5) is 28.3. The number of hydrogen-bond acceptors (Lipinski definition) is 3. The van der Waals surface area contributed by atoms with Crippen LogP contribution in [0, 0.1) is 5.92 Å². The lowest BCUT2D eigenvalue weighted by Gasteiger charge is -2.28. The van der Waals surface area contributed by atoms with Crippen LogP contribution in [0.25, 0.3) is 0 Å². The number of urea groups is 1. The minimum atomic E-state index is -0.893. The Labute approximate surface area is 111 Å². The van der Waals surface area contributed by atoms with E-state index < -0.39 is 11.6 Å². The van der Waals surface area contributed by atoms with Gasteiger partial charge in [-0.3, -0.25) is 15.1 Å². The number of imide groups is 1. The summed E-state index contributed by atoms with van der Waals surface area (Å²) in [6.45, 7) is 2.13. The highest BCUT2D eigenvalue weighted by molar-refractivity contribution is 6.08. The van der Waals surface area contributed by atoms with Gasteiger partial charge < -0.3 is 5.32 Å². The second kappa shape index (κ2) is 4.33. The molecule has 1 aromatic rings. The molecule has 2 unspecified atom stereocenters. The summed E-state index contributed by atoms with van der Waals surface area (Å²) < 4.78 is 0. The summed E-state index contributed by atoms with van der Waals surface area (Å²) in [5, 5.41) is 5.23. The van der Waals surface area contributed by atoms with Crippen molar-refractivity contribution in [3.63, 3.8) is 0 Å². The standard InChI is InChI=1S/C14H17N3O2/c1-2-3-5-9-8-11-10(6-4-7-15-11)14(9)12(18)16-13(19)17-14/h4,6-7,9H,2-3,5,8H2,1H3,(H2,16,17,18,19). The molecule has 1 aromatic heterocycles. The number of unbranched alkanes of at least 4 members (excludes halogenated alkanes) is 1. The van der Waals surface area contributed by atoms with Crippen LogP contribution in [-0.4, -0.2) is 16.9 Å². The molecule has 0 aromatic carbocycles. The minimum Gasteiger partial charge on any atom is -0.319 e. The van der Waals surface area contributed by atoms with Crippen LogP contribution in [-0.2, 0) is 16.8 Å². The number of amides is 3. The highest BCUT2D eigenvalue weighted by Crippen LogP contribution is 2.44. The Kier molecular flexibility index (Phi) is 2.77. The summed E-state index contributed by atoms with van der Waals surface area (Å²) in [7, 11) is 0. The summed E-state index contributed by atoms with van der Waals surface area (Å²) in [5.41, 5.74) is 0.899. The fourth-order valence-electron chi connectivity index (χ4n) is 3.28. The van der Waals surface area contributed by atoms with E-state index in [2.05, 4.69) is 22.5 Å².